The number of para-hydroxylation sites is 1. The Morgan fingerprint density at radius 3 is 2.39 bits per heavy atom. The third-order valence-electron chi connectivity index (χ3n) is 3.79. The lowest BCUT2D eigenvalue weighted by Crippen LogP contribution is -2.29. The third kappa shape index (κ3) is 9.60. The fourth-order valence-corrected chi connectivity index (χ4v) is 5.56. The van der Waals surface area contributed by atoms with Crippen LogP contribution in [-0.4, -0.2) is 64.4 Å². The summed E-state index contributed by atoms with van der Waals surface area (Å²) in [5.41, 5.74) is 0.993. The molecule has 0 radical (unpaired) electrons. The van der Waals surface area contributed by atoms with E-state index in [2.05, 4.69) is 18.7 Å². The standard InChI is InChI=1S/C18H29N3O3S4/c1-5-21(6-2)18(25)27-15(3)19-17(26-13-10-14-28(22,23)24)20(4)16-11-8-7-9-12-16/h7-9,11-12,15H,5-6,10,13-14H2,1-4H3,(H,22,23,24). The Hall–Kier alpha value is -0.810. The topological polar surface area (TPSA) is 73.2 Å². The van der Waals surface area contributed by atoms with Crippen LogP contribution in [0.2, 0.25) is 0 Å². The van der Waals surface area contributed by atoms with Gasteiger partial charge in [0.1, 0.15) is 9.69 Å². The number of rotatable bonds is 9. The summed E-state index contributed by atoms with van der Waals surface area (Å²) in [7, 11) is -2.01. The number of thioether (sulfide) groups is 2. The van der Waals surface area contributed by atoms with E-state index < -0.39 is 10.1 Å². The van der Waals surface area contributed by atoms with Gasteiger partial charge in [0.2, 0.25) is 0 Å². The number of anilines is 1. The minimum atomic E-state index is -3.94. The average Bonchev–Trinajstić information content (AvgIpc) is 2.64. The van der Waals surface area contributed by atoms with Gasteiger partial charge in [0.25, 0.3) is 10.1 Å². The number of amidine groups is 1. The second-order valence-corrected chi connectivity index (χ2v) is 10.5. The highest BCUT2D eigenvalue weighted by molar-refractivity contribution is 8.23. The van der Waals surface area contributed by atoms with E-state index in [1.165, 1.54) is 23.5 Å². The lowest BCUT2D eigenvalue weighted by molar-refractivity contribution is 0.482. The fraction of sp³-hybridized carbons (Fsp3) is 0.556. The normalized spacial score (nSPS) is 13.2. The maximum absolute atomic E-state index is 10.9. The molecule has 1 rings (SSSR count). The first-order valence-corrected chi connectivity index (χ1v) is 13.0. The number of aliphatic imine (C=N–C) groups is 1. The Morgan fingerprint density at radius 1 is 1.25 bits per heavy atom. The first kappa shape index (κ1) is 25.2. The fourth-order valence-electron chi connectivity index (χ4n) is 2.27. The molecule has 0 spiro atoms. The molecule has 6 nitrogen and oxygen atoms in total. The second kappa shape index (κ2) is 12.7. The first-order chi connectivity index (χ1) is 13.2. The van der Waals surface area contributed by atoms with Crippen molar-refractivity contribution >= 4 is 61.0 Å². The van der Waals surface area contributed by atoms with Crippen molar-refractivity contribution in [3.05, 3.63) is 30.3 Å². The summed E-state index contributed by atoms with van der Waals surface area (Å²) in [5, 5.41) is 0.701. The molecule has 0 aliphatic carbocycles. The highest BCUT2D eigenvalue weighted by atomic mass is 32.2. The Morgan fingerprint density at radius 2 is 1.86 bits per heavy atom. The highest BCUT2D eigenvalue weighted by Crippen LogP contribution is 2.23. The van der Waals surface area contributed by atoms with Gasteiger partial charge in [-0.05, 0) is 39.3 Å². The van der Waals surface area contributed by atoms with Gasteiger partial charge in [-0.2, -0.15) is 8.42 Å². The molecule has 10 heteroatoms. The molecule has 0 fully saturated rings. The number of thiocarbonyl (C=S) groups is 1. The van der Waals surface area contributed by atoms with E-state index >= 15 is 0 Å². The number of nitrogens with zero attached hydrogens (tertiary/aromatic N) is 3. The van der Waals surface area contributed by atoms with Crippen LogP contribution in [0.3, 0.4) is 0 Å². The van der Waals surface area contributed by atoms with Crippen LogP contribution in [0.1, 0.15) is 27.2 Å². The van der Waals surface area contributed by atoms with Gasteiger partial charge in [0, 0.05) is 31.6 Å². The van der Waals surface area contributed by atoms with Crippen molar-refractivity contribution in [3.63, 3.8) is 0 Å². The van der Waals surface area contributed by atoms with Crippen LogP contribution in [0.25, 0.3) is 0 Å². The summed E-state index contributed by atoms with van der Waals surface area (Å²) in [4.78, 5) is 8.92. The molecule has 0 aromatic heterocycles. The van der Waals surface area contributed by atoms with Crippen LogP contribution in [0.15, 0.2) is 35.3 Å². The van der Waals surface area contributed by atoms with Crippen molar-refractivity contribution in [3.8, 4) is 0 Å². The van der Waals surface area contributed by atoms with E-state index in [9.17, 15) is 8.42 Å². The minimum absolute atomic E-state index is 0.0802. The number of hydrogen-bond acceptors (Lipinski definition) is 6. The van der Waals surface area contributed by atoms with Crippen molar-refractivity contribution in [1.29, 1.82) is 0 Å². The van der Waals surface area contributed by atoms with Gasteiger partial charge in [-0.25, -0.2) is 4.99 Å². The van der Waals surface area contributed by atoms with Gasteiger partial charge in [0.15, 0.2) is 5.17 Å². The molecule has 1 atom stereocenters. The summed E-state index contributed by atoms with van der Waals surface area (Å²) in [6.45, 7) is 7.87. The Kier molecular flexibility index (Phi) is 11.4. The molecular formula is C18H29N3O3S4. The third-order valence-corrected chi connectivity index (χ3v) is 7.18. The van der Waals surface area contributed by atoms with Crippen molar-refractivity contribution in [2.24, 2.45) is 4.99 Å². The maximum atomic E-state index is 10.9. The predicted molar refractivity (Wildman–Crippen MR) is 128 cm³/mol. The quantitative estimate of drug-likeness (QED) is 0.192. The van der Waals surface area contributed by atoms with Gasteiger partial charge in [-0.3, -0.25) is 4.55 Å². The van der Waals surface area contributed by atoms with E-state index in [0.717, 1.165) is 28.3 Å². The molecule has 0 aliphatic heterocycles. The SMILES string of the molecule is CCN(CC)C(=S)SC(C)N=C(SCCCS(=O)(=O)O)N(C)c1ccccc1. The van der Waals surface area contributed by atoms with Crippen molar-refractivity contribution in [1.82, 2.24) is 4.90 Å². The van der Waals surface area contributed by atoms with Gasteiger partial charge in [-0.1, -0.05) is 53.9 Å². The van der Waals surface area contributed by atoms with Gasteiger partial charge < -0.3 is 9.80 Å². The smallest absolute Gasteiger partial charge is 0.264 e. The van der Waals surface area contributed by atoms with Crippen molar-refractivity contribution < 1.29 is 13.0 Å². The first-order valence-electron chi connectivity index (χ1n) is 9.08. The lowest BCUT2D eigenvalue weighted by Gasteiger charge is -2.24. The summed E-state index contributed by atoms with van der Waals surface area (Å²) in [5.74, 6) is 0.284. The summed E-state index contributed by atoms with van der Waals surface area (Å²) >= 11 is 8.52. The zero-order valence-corrected chi connectivity index (χ0v) is 20.0. The zero-order valence-electron chi connectivity index (χ0n) is 16.7. The largest absolute Gasteiger partial charge is 0.358 e. The Bertz CT molecular complexity index is 738. The zero-order chi connectivity index (χ0) is 21.2. The summed E-state index contributed by atoms with van der Waals surface area (Å²) in [6, 6.07) is 9.86. The molecule has 0 saturated heterocycles. The van der Waals surface area contributed by atoms with E-state index in [1.807, 2.05) is 49.2 Å². The molecule has 1 aromatic carbocycles. The molecule has 0 aliphatic rings. The molecular weight excluding hydrogens is 434 g/mol. The van der Waals surface area contributed by atoms with Gasteiger partial charge in [-0.15, -0.1) is 0 Å². The molecule has 28 heavy (non-hydrogen) atoms. The molecule has 0 heterocycles. The molecule has 1 unspecified atom stereocenters. The molecule has 1 aromatic rings. The van der Waals surface area contributed by atoms with Crippen molar-refractivity contribution in [2.75, 3.05) is 36.5 Å². The van der Waals surface area contributed by atoms with E-state index in [1.54, 1.807) is 0 Å². The molecule has 0 bridgehead atoms. The molecule has 158 valence electrons. The predicted octanol–water partition coefficient (Wildman–Crippen LogP) is 4.20. The minimum Gasteiger partial charge on any atom is -0.358 e. The monoisotopic (exact) mass is 463 g/mol. The number of benzene rings is 1. The summed E-state index contributed by atoms with van der Waals surface area (Å²) in [6.07, 6.45) is 0.352. The average molecular weight is 464 g/mol. The van der Waals surface area contributed by atoms with Gasteiger partial charge in [0.05, 0.1) is 5.75 Å². The Labute approximate surface area is 182 Å². The van der Waals surface area contributed by atoms with Gasteiger partial charge >= 0.3 is 0 Å². The number of hydrogen-bond donors (Lipinski definition) is 1. The second-order valence-electron chi connectivity index (χ2n) is 5.95. The summed E-state index contributed by atoms with van der Waals surface area (Å²) < 4.78 is 31.6. The van der Waals surface area contributed by atoms with E-state index in [0.29, 0.717) is 12.2 Å². The van der Waals surface area contributed by atoms with Crippen molar-refractivity contribution in [2.45, 2.75) is 32.6 Å². The molecule has 1 N–H and O–H groups in total. The van der Waals surface area contributed by atoms with Crippen LogP contribution < -0.4 is 4.90 Å². The molecule has 0 amide bonds. The van der Waals surface area contributed by atoms with Crippen LogP contribution in [0.5, 0.6) is 0 Å². The van der Waals surface area contributed by atoms with E-state index in [-0.39, 0.29) is 11.1 Å². The van der Waals surface area contributed by atoms with E-state index in [4.69, 9.17) is 21.8 Å². The van der Waals surface area contributed by atoms with Crippen LogP contribution in [0, 0.1) is 0 Å². The molecule has 0 saturated carbocycles. The van der Waals surface area contributed by atoms with Crippen LogP contribution >= 0.6 is 35.7 Å². The lowest BCUT2D eigenvalue weighted by atomic mass is 10.3. The van der Waals surface area contributed by atoms with Crippen LogP contribution in [0.4, 0.5) is 5.69 Å². The highest BCUT2D eigenvalue weighted by Gasteiger charge is 2.15. The van der Waals surface area contributed by atoms with Crippen LogP contribution in [-0.2, 0) is 10.1 Å². The Balaban J connectivity index is 2.88. The maximum Gasteiger partial charge on any atom is 0.264 e.